The number of aromatic amines is 1. The molecule has 0 saturated carbocycles. The fourth-order valence-electron chi connectivity index (χ4n) is 2.77. The van der Waals surface area contributed by atoms with Crippen LogP contribution in [0.25, 0.3) is 32.7 Å². The van der Waals surface area contributed by atoms with Gasteiger partial charge in [-0.3, -0.25) is 0 Å². The summed E-state index contributed by atoms with van der Waals surface area (Å²) in [7, 11) is 0. The SMILES string of the molecule is Cc1[nH]c2ccccc2c1-c1csc(-c2cccc(O)c2)n1. The summed E-state index contributed by atoms with van der Waals surface area (Å²) in [5.74, 6) is 0.262. The van der Waals surface area contributed by atoms with Crippen LogP contribution in [0.4, 0.5) is 0 Å². The van der Waals surface area contributed by atoms with Crippen molar-refractivity contribution < 1.29 is 5.11 Å². The Morgan fingerprint density at radius 3 is 2.82 bits per heavy atom. The Kier molecular flexibility index (Phi) is 2.98. The number of fused-ring (bicyclic) bond motifs is 1. The van der Waals surface area contributed by atoms with Gasteiger partial charge in [0.1, 0.15) is 10.8 Å². The zero-order chi connectivity index (χ0) is 15.1. The molecule has 0 aliphatic carbocycles. The summed E-state index contributed by atoms with van der Waals surface area (Å²) in [6.07, 6.45) is 0. The molecule has 108 valence electrons. The zero-order valence-electron chi connectivity index (χ0n) is 12.0. The average molecular weight is 306 g/mol. The van der Waals surface area contributed by atoms with Gasteiger partial charge in [0, 0.05) is 33.1 Å². The highest BCUT2D eigenvalue weighted by atomic mass is 32.1. The molecular weight excluding hydrogens is 292 g/mol. The van der Waals surface area contributed by atoms with Gasteiger partial charge in [0.2, 0.25) is 0 Å². The molecule has 4 heteroatoms. The van der Waals surface area contributed by atoms with Crippen molar-refractivity contribution in [2.24, 2.45) is 0 Å². The normalized spacial score (nSPS) is 11.1. The molecule has 22 heavy (non-hydrogen) atoms. The Hall–Kier alpha value is -2.59. The largest absolute Gasteiger partial charge is 0.508 e. The van der Waals surface area contributed by atoms with E-state index in [2.05, 4.69) is 29.4 Å². The highest BCUT2D eigenvalue weighted by molar-refractivity contribution is 7.13. The van der Waals surface area contributed by atoms with Gasteiger partial charge in [-0.25, -0.2) is 4.98 Å². The molecule has 0 spiro atoms. The first-order valence-corrected chi connectivity index (χ1v) is 7.93. The molecule has 2 heterocycles. The second-order valence-corrected chi connectivity index (χ2v) is 6.12. The van der Waals surface area contributed by atoms with Gasteiger partial charge in [-0.2, -0.15) is 0 Å². The van der Waals surface area contributed by atoms with Crippen LogP contribution in [0.2, 0.25) is 0 Å². The molecule has 0 aliphatic heterocycles. The maximum atomic E-state index is 9.62. The third-order valence-corrected chi connectivity index (χ3v) is 4.64. The van der Waals surface area contributed by atoms with Crippen LogP contribution in [0, 0.1) is 6.92 Å². The van der Waals surface area contributed by atoms with E-state index in [1.807, 2.05) is 24.3 Å². The van der Waals surface area contributed by atoms with Crippen molar-refractivity contribution >= 4 is 22.2 Å². The number of aromatic hydroxyl groups is 1. The molecule has 4 rings (SSSR count). The molecule has 0 aliphatic rings. The Morgan fingerprint density at radius 1 is 1.09 bits per heavy atom. The number of phenolic OH excluding ortho intramolecular Hbond substituents is 1. The van der Waals surface area contributed by atoms with Crippen LogP contribution in [0.3, 0.4) is 0 Å². The molecule has 0 atom stereocenters. The highest BCUT2D eigenvalue weighted by Gasteiger charge is 2.14. The average Bonchev–Trinajstić information content (AvgIpc) is 3.10. The maximum absolute atomic E-state index is 9.62. The standard InChI is InChI=1S/C18H14N2OS/c1-11-17(14-7-2-3-8-15(14)19-11)16-10-22-18(20-16)12-5-4-6-13(21)9-12/h2-10,19,21H,1H3. The van der Waals surface area contributed by atoms with E-state index in [4.69, 9.17) is 4.98 Å². The van der Waals surface area contributed by atoms with Gasteiger partial charge >= 0.3 is 0 Å². The quantitative estimate of drug-likeness (QED) is 0.549. The number of benzene rings is 2. The molecule has 2 aromatic heterocycles. The van der Waals surface area contributed by atoms with Crippen LogP contribution in [0.5, 0.6) is 5.75 Å². The molecule has 4 aromatic rings. The minimum absolute atomic E-state index is 0.262. The topological polar surface area (TPSA) is 48.9 Å². The number of thiazole rings is 1. The summed E-state index contributed by atoms with van der Waals surface area (Å²) in [4.78, 5) is 8.17. The lowest BCUT2D eigenvalue weighted by molar-refractivity contribution is 0.475. The molecule has 0 amide bonds. The molecule has 0 radical (unpaired) electrons. The third kappa shape index (κ3) is 2.09. The minimum Gasteiger partial charge on any atom is -0.508 e. The van der Waals surface area contributed by atoms with Crippen molar-refractivity contribution in [2.45, 2.75) is 6.92 Å². The number of phenols is 1. The molecule has 3 nitrogen and oxygen atoms in total. The van der Waals surface area contributed by atoms with E-state index in [0.29, 0.717) is 0 Å². The van der Waals surface area contributed by atoms with Crippen molar-refractivity contribution in [1.29, 1.82) is 0 Å². The predicted molar refractivity (Wildman–Crippen MR) is 91.2 cm³/mol. The van der Waals surface area contributed by atoms with Crippen LogP contribution in [0.15, 0.2) is 53.9 Å². The number of aryl methyl sites for hydroxylation is 1. The van der Waals surface area contributed by atoms with Crippen molar-refractivity contribution in [3.8, 4) is 27.6 Å². The van der Waals surface area contributed by atoms with Gasteiger partial charge in [0.15, 0.2) is 0 Å². The first kappa shape index (κ1) is 13.1. The van der Waals surface area contributed by atoms with Crippen molar-refractivity contribution in [3.05, 3.63) is 59.6 Å². The summed E-state index contributed by atoms with van der Waals surface area (Å²) >= 11 is 1.59. The summed E-state index contributed by atoms with van der Waals surface area (Å²) < 4.78 is 0. The van der Waals surface area contributed by atoms with E-state index >= 15 is 0 Å². The molecular formula is C18H14N2OS. The van der Waals surface area contributed by atoms with Gasteiger partial charge in [-0.15, -0.1) is 11.3 Å². The Balaban J connectivity index is 1.85. The van der Waals surface area contributed by atoms with E-state index in [1.165, 1.54) is 5.39 Å². The van der Waals surface area contributed by atoms with Crippen molar-refractivity contribution in [3.63, 3.8) is 0 Å². The molecule has 2 N–H and O–H groups in total. The van der Waals surface area contributed by atoms with Gasteiger partial charge in [-0.1, -0.05) is 30.3 Å². The zero-order valence-corrected chi connectivity index (χ0v) is 12.8. The first-order valence-electron chi connectivity index (χ1n) is 7.05. The number of hydrogen-bond donors (Lipinski definition) is 2. The fourth-order valence-corrected chi connectivity index (χ4v) is 3.57. The lowest BCUT2D eigenvalue weighted by Gasteiger charge is -1.98. The molecule has 0 saturated heterocycles. The van der Waals surface area contributed by atoms with E-state index in [-0.39, 0.29) is 5.75 Å². The molecule has 0 unspecified atom stereocenters. The second-order valence-electron chi connectivity index (χ2n) is 5.26. The number of H-pyrrole nitrogens is 1. The Bertz CT molecular complexity index is 968. The van der Waals surface area contributed by atoms with E-state index in [0.717, 1.165) is 33.0 Å². The summed E-state index contributed by atoms with van der Waals surface area (Å²) in [5, 5.41) is 13.8. The smallest absolute Gasteiger partial charge is 0.124 e. The van der Waals surface area contributed by atoms with E-state index in [9.17, 15) is 5.11 Å². The number of para-hydroxylation sites is 1. The summed E-state index contributed by atoms with van der Waals surface area (Å²) in [6, 6.07) is 15.5. The monoisotopic (exact) mass is 306 g/mol. The number of hydrogen-bond acceptors (Lipinski definition) is 3. The first-order chi connectivity index (χ1) is 10.7. The summed E-state index contributed by atoms with van der Waals surface area (Å²) in [6.45, 7) is 2.07. The number of nitrogens with one attached hydrogen (secondary N) is 1. The van der Waals surface area contributed by atoms with E-state index in [1.54, 1.807) is 23.5 Å². The van der Waals surface area contributed by atoms with Crippen molar-refractivity contribution in [2.75, 3.05) is 0 Å². The summed E-state index contributed by atoms with van der Waals surface area (Å²) in [5.41, 5.74) is 5.31. The van der Waals surface area contributed by atoms with Gasteiger partial charge in [-0.05, 0) is 25.1 Å². The lowest BCUT2D eigenvalue weighted by atomic mass is 10.1. The second kappa shape index (κ2) is 5.00. The van der Waals surface area contributed by atoms with Crippen molar-refractivity contribution in [1.82, 2.24) is 9.97 Å². The van der Waals surface area contributed by atoms with Gasteiger partial charge in [0.25, 0.3) is 0 Å². The van der Waals surface area contributed by atoms with Gasteiger partial charge in [0.05, 0.1) is 5.69 Å². The van der Waals surface area contributed by atoms with E-state index < -0.39 is 0 Å². The Morgan fingerprint density at radius 2 is 1.95 bits per heavy atom. The molecule has 0 fully saturated rings. The number of nitrogens with zero attached hydrogens (tertiary/aromatic N) is 1. The van der Waals surface area contributed by atoms with Crippen LogP contribution >= 0.6 is 11.3 Å². The van der Waals surface area contributed by atoms with Crippen LogP contribution < -0.4 is 0 Å². The fraction of sp³-hybridized carbons (Fsp3) is 0.0556. The number of rotatable bonds is 2. The van der Waals surface area contributed by atoms with Crippen LogP contribution in [-0.2, 0) is 0 Å². The van der Waals surface area contributed by atoms with Crippen LogP contribution in [-0.4, -0.2) is 15.1 Å². The lowest BCUT2D eigenvalue weighted by Crippen LogP contribution is -1.81. The van der Waals surface area contributed by atoms with Crippen LogP contribution in [0.1, 0.15) is 5.69 Å². The molecule has 0 bridgehead atoms. The highest BCUT2D eigenvalue weighted by Crippen LogP contribution is 2.35. The number of aromatic nitrogens is 2. The maximum Gasteiger partial charge on any atom is 0.124 e. The third-order valence-electron chi connectivity index (χ3n) is 3.75. The predicted octanol–water partition coefficient (Wildman–Crippen LogP) is 4.97. The Labute approximate surface area is 131 Å². The minimum atomic E-state index is 0.262. The molecule has 2 aromatic carbocycles. The van der Waals surface area contributed by atoms with Gasteiger partial charge < -0.3 is 10.1 Å².